The molecule has 0 saturated heterocycles. The van der Waals surface area contributed by atoms with Crippen LogP contribution in [0.3, 0.4) is 0 Å². The molecule has 0 aromatic heterocycles. The number of anilines is 2. The molecule has 1 heterocycles. The summed E-state index contributed by atoms with van der Waals surface area (Å²) >= 11 is 5.91. The molecular formula is C17H15ClN2O3. The Bertz CT molecular complexity index is 761. The van der Waals surface area contributed by atoms with Crippen LogP contribution in [0.5, 0.6) is 5.75 Å². The largest absolute Gasteiger partial charge is 0.491 e. The maximum absolute atomic E-state index is 12.1. The van der Waals surface area contributed by atoms with E-state index in [1.165, 1.54) is 0 Å². The maximum Gasteiger partial charge on any atom is 0.228 e. The van der Waals surface area contributed by atoms with Gasteiger partial charge >= 0.3 is 0 Å². The highest BCUT2D eigenvalue weighted by Gasteiger charge is 2.14. The van der Waals surface area contributed by atoms with Gasteiger partial charge in [-0.15, -0.1) is 0 Å². The second-order valence-electron chi connectivity index (χ2n) is 5.21. The zero-order valence-corrected chi connectivity index (χ0v) is 13.0. The van der Waals surface area contributed by atoms with Gasteiger partial charge in [0.05, 0.1) is 25.1 Å². The average molecular weight is 331 g/mol. The molecular weight excluding hydrogens is 316 g/mol. The fraction of sp³-hybridized carbons (Fsp3) is 0.176. The van der Waals surface area contributed by atoms with E-state index in [0.717, 1.165) is 5.56 Å². The molecule has 0 unspecified atom stereocenters. The number of nitrogens with one attached hydrogen (secondary N) is 2. The molecule has 1 aliphatic heterocycles. The van der Waals surface area contributed by atoms with Gasteiger partial charge in [0.1, 0.15) is 5.75 Å². The number of ether oxygens (including phenoxy) is 1. The van der Waals surface area contributed by atoms with E-state index in [1.54, 1.807) is 36.4 Å². The zero-order chi connectivity index (χ0) is 16.2. The first-order valence-electron chi connectivity index (χ1n) is 7.21. The highest BCUT2D eigenvalue weighted by molar-refractivity contribution is 6.30. The monoisotopic (exact) mass is 330 g/mol. The summed E-state index contributed by atoms with van der Waals surface area (Å²) in [4.78, 5) is 23.7. The number of benzene rings is 2. The van der Waals surface area contributed by atoms with Gasteiger partial charge in [-0.1, -0.05) is 23.7 Å². The SMILES string of the molecule is O=C(Cc1cccc(Cl)c1)Nc1ccc2c(c1)NC(=O)CCO2. The lowest BCUT2D eigenvalue weighted by Crippen LogP contribution is -2.15. The highest BCUT2D eigenvalue weighted by Crippen LogP contribution is 2.30. The van der Waals surface area contributed by atoms with Crippen LogP contribution in [-0.2, 0) is 16.0 Å². The number of fused-ring (bicyclic) bond motifs is 1. The summed E-state index contributed by atoms with van der Waals surface area (Å²) in [5, 5.41) is 6.16. The third-order valence-electron chi connectivity index (χ3n) is 3.38. The van der Waals surface area contributed by atoms with Crippen molar-refractivity contribution in [1.29, 1.82) is 0 Å². The summed E-state index contributed by atoms with van der Waals surface area (Å²) in [6.45, 7) is 0.347. The minimum Gasteiger partial charge on any atom is -0.491 e. The van der Waals surface area contributed by atoms with E-state index >= 15 is 0 Å². The second kappa shape index (κ2) is 6.71. The van der Waals surface area contributed by atoms with E-state index in [2.05, 4.69) is 10.6 Å². The Morgan fingerprint density at radius 3 is 2.96 bits per heavy atom. The topological polar surface area (TPSA) is 67.4 Å². The van der Waals surface area contributed by atoms with Crippen LogP contribution in [0.4, 0.5) is 11.4 Å². The number of halogens is 1. The summed E-state index contributed by atoms with van der Waals surface area (Å²) in [6, 6.07) is 12.3. The smallest absolute Gasteiger partial charge is 0.228 e. The summed E-state index contributed by atoms with van der Waals surface area (Å²) < 4.78 is 5.48. The van der Waals surface area contributed by atoms with Gasteiger partial charge in [0.15, 0.2) is 0 Å². The van der Waals surface area contributed by atoms with E-state index in [-0.39, 0.29) is 18.2 Å². The van der Waals surface area contributed by atoms with Crippen molar-refractivity contribution in [3.63, 3.8) is 0 Å². The normalized spacial score (nSPS) is 13.3. The Morgan fingerprint density at radius 1 is 1.26 bits per heavy atom. The molecule has 0 fully saturated rings. The molecule has 0 saturated carbocycles. The Balaban J connectivity index is 1.70. The predicted octanol–water partition coefficient (Wildman–Crippen LogP) is 3.24. The molecule has 2 amide bonds. The van der Waals surface area contributed by atoms with Gasteiger partial charge < -0.3 is 15.4 Å². The number of hydrogen-bond acceptors (Lipinski definition) is 3. The summed E-state index contributed by atoms with van der Waals surface area (Å²) in [6.07, 6.45) is 0.533. The summed E-state index contributed by atoms with van der Waals surface area (Å²) in [7, 11) is 0. The van der Waals surface area contributed by atoms with E-state index in [9.17, 15) is 9.59 Å². The van der Waals surface area contributed by atoms with Gasteiger partial charge in [-0.05, 0) is 35.9 Å². The number of carbonyl (C=O) groups is 2. The first kappa shape index (κ1) is 15.4. The highest BCUT2D eigenvalue weighted by atomic mass is 35.5. The fourth-order valence-electron chi connectivity index (χ4n) is 2.34. The van der Waals surface area contributed by atoms with E-state index in [1.807, 2.05) is 6.07 Å². The van der Waals surface area contributed by atoms with Crippen molar-refractivity contribution in [1.82, 2.24) is 0 Å². The third-order valence-corrected chi connectivity index (χ3v) is 3.61. The van der Waals surface area contributed by atoms with Crippen molar-refractivity contribution < 1.29 is 14.3 Å². The van der Waals surface area contributed by atoms with Gasteiger partial charge in [-0.25, -0.2) is 0 Å². The van der Waals surface area contributed by atoms with Crippen LogP contribution >= 0.6 is 11.6 Å². The second-order valence-corrected chi connectivity index (χ2v) is 5.65. The van der Waals surface area contributed by atoms with Crippen LogP contribution in [-0.4, -0.2) is 18.4 Å². The number of carbonyl (C=O) groups excluding carboxylic acids is 2. The molecule has 0 bridgehead atoms. The lowest BCUT2D eigenvalue weighted by molar-refractivity contribution is -0.116. The van der Waals surface area contributed by atoms with Crippen molar-refractivity contribution in [2.24, 2.45) is 0 Å². The molecule has 0 spiro atoms. The van der Waals surface area contributed by atoms with Crippen molar-refractivity contribution in [2.75, 3.05) is 17.2 Å². The average Bonchev–Trinajstić information content (AvgIpc) is 2.67. The molecule has 1 aliphatic rings. The minimum atomic E-state index is -0.159. The lowest BCUT2D eigenvalue weighted by Gasteiger charge is -2.10. The van der Waals surface area contributed by atoms with Crippen molar-refractivity contribution in [2.45, 2.75) is 12.8 Å². The molecule has 2 aromatic carbocycles. The molecule has 3 rings (SSSR count). The van der Waals surface area contributed by atoms with Crippen LogP contribution in [0.15, 0.2) is 42.5 Å². The van der Waals surface area contributed by atoms with Gasteiger partial charge in [-0.3, -0.25) is 9.59 Å². The third kappa shape index (κ3) is 4.02. The number of hydrogen-bond donors (Lipinski definition) is 2. The molecule has 6 heteroatoms. The molecule has 23 heavy (non-hydrogen) atoms. The van der Waals surface area contributed by atoms with Crippen LogP contribution in [0.1, 0.15) is 12.0 Å². The Kier molecular flexibility index (Phi) is 4.48. The van der Waals surface area contributed by atoms with Crippen LogP contribution < -0.4 is 15.4 Å². The van der Waals surface area contributed by atoms with Gasteiger partial charge in [0, 0.05) is 10.7 Å². The van der Waals surface area contributed by atoms with Crippen LogP contribution in [0, 0.1) is 0 Å². The molecule has 0 radical (unpaired) electrons. The molecule has 5 nitrogen and oxygen atoms in total. The molecule has 2 N–H and O–H groups in total. The van der Waals surface area contributed by atoms with Gasteiger partial charge in [0.25, 0.3) is 0 Å². The Labute approximate surface area is 138 Å². The van der Waals surface area contributed by atoms with Gasteiger partial charge in [0.2, 0.25) is 11.8 Å². The van der Waals surface area contributed by atoms with Crippen molar-refractivity contribution in [3.8, 4) is 5.75 Å². The van der Waals surface area contributed by atoms with Crippen LogP contribution in [0.25, 0.3) is 0 Å². The van der Waals surface area contributed by atoms with E-state index in [4.69, 9.17) is 16.3 Å². The molecule has 0 aliphatic carbocycles. The Morgan fingerprint density at radius 2 is 2.13 bits per heavy atom. The summed E-state index contributed by atoms with van der Waals surface area (Å²) in [5.41, 5.74) is 2.00. The minimum absolute atomic E-state index is 0.105. The predicted molar refractivity (Wildman–Crippen MR) is 89.0 cm³/mol. The summed E-state index contributed by atoms with van der Waals surface area (Å²) in [5.74, 6) is 0.336. The standard InChI is InChI=1S/C17H15ClN2O3/c18-12-3-1-2-11(8-12)9-17(22)19-13-4-5-15-14(10-13)20-16(21)6-7-23-15/h1-5,8,10H,6-7,9H2,(H,19,22)(H,20,21). The van der Waals surface area contributed by atoms with E-state index in [0.29, 0.717) is 35.2 Å². The van der Waals surface area contributed by atoms with E-state index < -0.39 is 0 Å². The fourth-order valence-corrected chi connectivity index (χ4v) is 2.55. The molecule has 0 atom stereocenters. The van der Waals surface area contributed by atoms with Crippen LogP contribution in [0.2, 0.25) is 5.02 Å². The van der Waals surface area contributed by atoms with Crippen molar-refractivity contribution >= 4 is 34.8 Å². The molecule has 2 aromatic rings. The Hall–Kier alpha value is -2.53. The quantitative estimate of drug-likeness (QED) is 0.907. The lowest BCUT2D eigenvalue weighted by atomic mass is 10.1. The van der Waals surface area contributed by atoms with Gasteiger partial charge in [-0.2, -0.15) is 0 Å². The first-order valence-corrected chi connectivity index (χ1v) is 7.59. The first-order chi connectivity index (χ1) is 11.1. The maximum atomic E-state index is 12.1. The molecule has 118 valence electrons. The number of rotatable bonds is 3. The number of amides is 2. The zero-order valence-electron chi connectivity index (χ0n) is 12.3. The van der Waals surface area contributed by atoms with Crippen molar-refractivity contribution in [3.05, 3.63) is 53.1 Å².